The maximum absolute atomic E-state index is 11.6. The van der Waals surface area contributed by atoms with E-state index in [1.165, 1.54) is 0 Å². The van der Waals surface area contributed by atoms with Crippen LogP contribution in [0.25, 0.3) is 0 Å². The second-order valence-corrected chi connectivity index (χ2v) is 4.78. The van der Waals surface area contributed by atoms with Crippen molar-refractivity contribution in [2.75, 3.05) is 19.6 Å². The molecule has 0 fully saturated rings. The molecule has 0 aromatic carbocycles. The maximum atomic E-state index is 11.6. The van der Waals surface area contributed by atoms with Crippen molar-refractivity contribution in [2.45, 2.75) is 39.5 Å². The molecule has 16 heavy (non-hydrogen) atoms. The van der Waals surface area contributed by atoms with E-state index in [1.807, 2.05) is 0 Å². The molecule has 0 aliphatic rings. The number of rotatable bonds is 9. The molecule has 4 heteroatoms. The van der Waals surface area contributed by atoms with Crippen molar-refractivity contribution < 1.29 is 4.79 Å². The summed E-state index contributed by atoms with van der Waals surface area (Å²) in [6.07, 6.45) is 3.50. The molecule has 1 unspecified atom stereocenters. The number of carbonyl (C=O) groups excluding carboxylic acids is 1. The van der Waals surface area contributed by atoms with Gasteiger partial charge in [-0.05, 0) is 44.2 Å². The van der Waals surface area contributed by atoms with Crippen LogP contribution < -0.4 is 16.8 Å². The topological polar surface area (TPSA) is 81.1 Å². The first-order chi connectivity index (χ1) is 7.60. The van der Waals surface area contributed by atoms with E-state index < -0.39 is 0 Å². The summed E-state index contributed by atoms with van der Waals surface area (Å²) in [6, 6.07) is 0. The first kappa shape index (κ1) is 15.4. The molecule has 0 spiro atoms. The molecule has 0 aliphatic heterocycles. The van der Waals surface area contributed by atoms with Crippen molar-refractivity contribution in [1.29, 1.82) is 0 Å². The highest BCUT2D eigenvalue weighted by Crippen LogP contribution is 2.13. The van der Waals surface area contributed by atoms with Gasteiger partial charge in [0.2, 0.25) is 5.91 Å². The lowest BCUT2D eigenvalue weighted by Crippen LogP contribution is -2.29. The Balaban J connectivity index is 3.66. The molecule has 0 aliphatic carbocycles. The minimum Gasteiger partial charge on any atom is -0.356 e. The summed E-state index contributed by atoms with van der Waals surface area (Å²) in [5.74, 6) is 1.03. The number of carbonyl (C=O) groups is 1. The van der Waals surface area contributed by atoms with Crippen LogP contribution in [0.2, 0.25) is 0 Å². The number of hydrogen-bond donors (Lipinski definition) is 3. The number of amides is 1. The van der Waals surface area contributed by atoms with E-state index >= 15 is 0 Å². The number of hydrogen-bond acceptors (Lipinski definition) is 3. The van der Waals surface area contributed by atoms with Gasteiger partial charge in [-0.3, -0.25) is 4.79 Å². The average Bonchev–Trinajstić information content (AvgIpc) is 2.23. The van der Waals surface area contributed by atoms with E-state index in [9.17, 15) is 4.79 Å². The van der Waals surface area contributed by atoms with Gasteiger partial charge >= 0.3 is 0 Å². The van der Waals surface area contributed by atoms with Crippen LogP contribution in [-0.4, -0.2) is 25.5 Å². The number of nitrogens with two attached hydrogens (primary N) is 2. The standard InChI is InChI=1S/C12H27N3O/c1-10(2)7-11(9-14)8-12(16)15-6-4-3-5-13/h10-11H,3-9,13-14H2,1-2H3,(H,15,16). The van der Waals surface area contributed by atoms with Gasteiger partial charge in [-0.15, -0.1) is 0 Å². The third-order valence-electron chi connectivity index (χ3n) is 2.57. The molecule has 0 heterocycles. The van der Waals surface area contributed by atoms with Crippen LogP contribution in [0.3, 0.4) is 0 Å². The molecule has 0 rings (SSSR count). The van der Waals surface area contributed by atoms with Gasteiger partial charge < -0.3 is 16.8 Å². The molecule has 0 saturated heterocycles. The summed E-state index contributed by atoms with van der Waals surface area (Å²) in [6.45, 7) is 6.32. The molecule has 0 aromatic heterocycles. The predicted octanol–water partition coefficient (Wildman–Crippen LogP) is 0.853. The SMILES string of the molecule is CC(C)CC(CN)CC(=O)NCCCCN. The highest BCUT2D eigenvalue weighted by atomic mass is 16.1. The second kappa shape index (κ2) is 9.60. The van der Waals surface area contributed by atoms with E-state index in [1.54, 1.807) is 0 Å². The van der Waals surface area contributed by atoms with Crippen molar-refractivity contribution in [1.82, 2.24) is 5.32 Å². The van der Waals surface area contributed by atoms with E-state index in [-0.39, 0.29) is 5.91 Å². The van der Waals surface area contributed by atoms with Crippen molar-refractivity contribution in [3.63, 3.8) is 0 Å². The van der Waals surface area contributed by atoms with Gasteiger partial charge in [0, 0.05) is 13.0 Å². The minimum atomic E-state index is 0.119. The molecule has 5 N–H and O–H groups in total. The van der Waals surface area contributed by atoms with E-state index in [2.05, 4.69) is 19.2 Å². The Bertz CT molecular complexity index is 183. The molecule has 1 atom stereocenters. The fourth-order valence-electron chi connectivity index (χ4n) is 1.76. The van der Waals surface area contributed by atoms with Crippen LogP contribution in [0.15, 0.2) is 0 Å². The summed E-state index contributed by atoms with van der Waals surface area (Å²) in [7, 11) is 0. The zero-order valence-corrected chi connectivity index (χ0v) is 10.7. The largest absolute Gasteiger partial charge is 0.356 e. The lowest BCUT2D eigenvalue weighted by atomic mass is 9.94. The van der Waals surface area contributed by atoms with Crippen LogP contribution in [0.1, 0.15) is 39.5 Å². The Hall–Kier alpha value is -0.610. The number of unbranched alkanes of at least 4 members (excludes halogenated alkanes) is 1. The van der Waals surface area contributed by atoms with E-state index in [0.29, 0.717) is 31.3 Å². The van der Waals surface area contributed by atoms with Crippen molar-refractivity contribution in [2.24, 2.45) is 23.3 Å². The van der Waals surface area contributed by atoms with Crippen molar-refractivity contribution in [3.05, 3.63) is 0 Å². The van der Waals surface area contributed by atoms with Crippen LogP contribution >= 0.6 is 0 Å². The fraction of sp³-hybridized carbons (Fsp3) is 0.917. The maximum Gasteiger partial charge on any atom is 0.220 e. The quantitative estimate of drug-likeness (QED) is 0.513. The van der Waals surface area contributed by atoms with Gasteiger partial charge in [0.05, 0.1) is 0 Å². The zero-order chi connectivity index (χ0) is 12.4. The Morgan fingerprint density at radius 1 is 1.25 bits per heavy atom. The normalized spacial score (nSPS) is 12.8. The Kier molecular flexibility index (Phi) is 9.24. The van der Waals surface area contributed by atoms with Gasteiger partial charge in [0.1, 0.15) is 0 Å². The van der Waals surface area contributed by atoms with Crippen molar-refractivity contribution >= 4 is 5.91 Å². The number of nitrogens with one attached hydrogen (secondary N) is 1. The summed E-state index contributed by atoms with van der Waals surface area (Å²) in [5.41, 5.74) is 11.0. The average molecular weight is 229 g/mol. The third kappa shape index (κ3) is 8.68. The molecule has 4 nitrogen and oxygen atoms in total. The lowest BCUT2D eigenvalue weighted by Gasteiger charge is -2.16. The van der Waals surface area contributed by atoms with Gasteiger partial charge in [0.15, 0.2) is 0 Å². The predicted molar refractivity (Wildman–Crippen MR) is 67.9 cm³/mol. The minimum absolute atomic E-state index is 0.119. The van der Waals surface area contributed by atoms with E-state index in [4.69, 9.17) is 11.5 Å². The summed E-state index contributed by atoms with van der Waals surface area (Å²) >= 11 is 0. The molecule has 0 radical (unpaired) electrons. The Morgan fingerprint density at radius 3 is 2.44 bits per heavy atom. The second-order valence-electron chi connectivity index (χ2n) is 4.78. The molecule has 0 aromatic rings. The van der Waals surface area contributed by atoms with Gasteiger partial charge in [-0.1, -0.05) is 13.8 Å². The van der Waals surface area contributed by atoms with Crippen LogP contribution in [0, 0.1) is 11.8 Å². The molecule has 1 amide bonds. The van der Waals surface area contributed by atoms with E-state index in [0.717, 1.165) is 25.8 Å². The molecule has 0 saturated carbocycles. The fourth-order valence-corrected chi connectivity index (χ4v) is 1.76. The third-order valence-corrected chi connectivity index (χ3v) is 2.57. The monoisotopic (exact) mass is 229 g/mol. The first-order valence-electron chi connectivity index (χ1n) is 6.27. The molecule has 0 bridgehead atoms. The highest BCUT2D eigenvalue weighted by Gasteiger charge is 2.13. The van der Waals surface area contributed by atoms with Gasteiger partial charge in [0.25, 0.3) is 0 Å². The first-order valence-corrected chi connectivity index (χ1v) is 6.27. The summed E-state index contributed by atoms with van der Waals surface area (Å²) < 4.78 is 0. The molecular formula is C12H27N3O. The van der Waals surface area contributed by atoms with Crippen molar-refractivity contribution in [3.8, 4) is 0 Å². The van der Waals surface area contributed by atoms with Gasteiger partial charge in [-0.25, -0.2) is 0 Å². The molecular weight excluding hydrogens is 202 g/mol. The summed E-state index contributed by atoms with van der Waals surface area (Å²) in [4.78, 5) is 11.6. The van der Waals surface area contributed by atoms with Crippen LogP contribution in [0.4, 0.5) is 0 Å². The Labute approximate surface area is 99.1 Å². The lowest BCUT2D eigenvalue weighted by molar-refractivity contribution is -0.122. The Morgan fingerprint density at radius 2 is 1.94 bits per heavy atom. The van der Waals surface area contributed by atoms with Gasteiger partial charge in [-0.2, -0.15) is 0 Å². The van der Waals surface area contributed by atoms with Crippen LogP contribution in [-0.2, 0) is 4.79 Å². The highest BCUT2D eigenvalue weighted by molar-refractivity contribution is 5.76. The molecule has 96 valence electrons. The smallest absolute Gasteiger partial charge is 0.220 e. The van der Waals surface area contributed by atoms with Crippen LogP contribution in [0.5, 0.6) is 0 Å². The summed E-state index contributed by atoms with van der Waals surface area (Å²) in [5, 5.41) is 2.91. The zero-order valence-electron chi connectivity index (χ0n) is 10.7.